The highest BCUT2D eigenvalue weighted by Gasteiger charge is 2.43. The van der Waals surface area contributed by atoms with Crippen LogP contribution in [0, 0.1) is 6.92 Å². The van der Waals surface area contributed by atoms with Crippen molar-refractivity contribution in [2.24, 2.45) is 10.9 Å². The fourth-order valence-corrected chi connectivity index (χ4v) is 8.79. The van der Waals surface area contributed by atoms with Gasteiger partial charge in [0.05, 0.1) is 17.7 Å². The third-order valence-electron chi connectivity index (χ3n) is 8.92. The standard InChI is InChI=1S/C35H36Cl2N6O5S/c1-23-7-12-26-4-2-6-30(34(26)40-23)48-22-27-28(36)13-14-31(33(27)37)49(46,47)43-15-3-5-29(43)35(45)42-18-16-41(17-19-42)32(44)20-24-8-10-25(11-9-24)21-39-38/h2,4,6-14,21,29H,3,5,15-20,22,38H2,1H3/t29-/m0/s1. The van der Waals surface area contributed by atoms with Crippen molar-refractivity contribution in [3.05, 3.63) is 99.2 Å². The Balaban J connectivity index is 1.12. The Morgan fingerprint density at radius 1 is 0.980 bits per heavy atom. The lowest BCUT2D eigenvalue weighted by Gasteiger charge is -2.37. The van der Waals surface area contributed by atoms with E-state index in [1.165, 1.54) is 22.7 Å². The molecule has 2 N–H and O–H groups in total. The zero-order valence-corrected chi connectivity index (χ0v) is 29.2. The minimum absolute atomic E-state index is 0.0404. The van der Waals surface area contributed by atoms with Crippen molar-refractivity contribution < 1.29 is 22.7 Å². The van der Waals surface area contributed by atoms with E-state index >= 15 is 0 Å². The zero-order chi connectivity index (χ0) is 34.7. The lowest BCUT2D eigenvalue weighted by Crippen LogP contribution is -2.55. The fourth-order valence-electron chi connectivity index (χ4n) is 6.27. The lowest BCUT2D eigenvalue weighted by molar-refractivity contribution is -0.141. The summed E-state index contributed by atoms with van der Waals surface area (Å²) in [5, 5.41) is 4.61. The van der Waals surface area contributed by atoms with Crippen LogP contribution < -0.4 is 10.6 Å². The normalized spacial score (nSPS) is 17.2. The summed E-state index contributed by atoms with van der Waals surface area (Å²) >= 11 is 13.3. The number of aryl methyl sites for hydroxylation is 1. The van der Waals surface area contributed by atoms with E-state index in [-0.39, 0.29) is 46.3 Å². The summed E-state index contributed by atoms with van der Waals surface area (Å²) in [6, 6.07) is 18.8. The highest BCUT2D eigenvalue weighted by Crippen LogP contribution is 2.37. The van der Waals surface area contributed by atoms with Gasteiger partial charge in [0.15, 0.2) is 0 Å². The van der Waals surface area contributed by atoms with Gasteiger partial charge in [0.1, 0.15) is 28.8 Å². The molecule has 0 radical (unpaired) electrons. The second-order valence-corrected chi connectivity index (χ2v) is 14.7. The van der Waals surface area contributed by atoms with Crippen molar-refractivity contribution in [2.75, 3.05) is 32.7 Å². The van der Waals surface area contributed by atoms with E-state index in [1.807, 2.05) is 55.5 Å². The Kier molecular flexibility index (Phi) is 10.4. The highest BCUT2D eigenvalue weighted by molar-refractivity contribution is 7.89. The van der Waals surface area contributed by atoms with E-state index in [0.29, 0.717) is 55.9 Å². The maximum Gasteiger partial charge on any atom is 0.245 e. The van der Waals surface area contributed by atoms with Crippen LogP contribution in [0.2, 0.25) is 10.0 Å². The number of rotatable bonds is 9. The second kappa shape index (κ2) is 14.7. The molecule has 0 spiro atoms. The third kappa shape index (κ3) is 7.37. The summed E-state index contributed by atoms with van der Waals surface area (Å²) in [5.74, 6) is 5.39. The summed E-state index contributed by atoms with van der Waals surface area (Å²) in [6.45, 7) is 3.33. The molecule has 2 amide bonds. The van der Waals surface area contributed by atoms with Crippen LogP contribution in [0.4, 0.5) is 0 Å². The molecule has 11 nitrogen and oxygen atoms in total. The molecule has 0 bridgehead atoms. The quantitative estimate of drug-likeness (QED) is 0.149. The van der Waals surface area contributed by atoms with E-state index in [4.69, 9.17) is 33.8 Å². The van der Waals surface area contributed by atoms with Gasteiger partial charge in [0.2, 0.25) is 21.8 Å². The van der Waals surface area contributed by atoms with Gasteiger partial charge in [-0.15, -0.1) is 0 Å². The van der Waals surface area contributed by atoms with Crippen LogP contribution in [-0.2, 0) is 32.6 Å². The molecule has 1 aromatic heterocycles. The Morgan fingerprint density at radius 3 is 2.45 bits per heavy atom. The Labute approximate surface area is 295 Å². The van der Waals surface area contributed by atoms with Gasteiger partial charge in [-0.3, -0.25) is 9.59 Å². The van der Waals surface area contributed by atoms with Gasteiger partial charge in [0, 0.05) is 54.4 Å². The van der Waals surface area contributed by atoms with Crippen molar-refractivity contribution in [2.45, 2.75) is 43.7 Å². The number of hydrogen-bond acceptors (Lipinski definition) is 8. The van der Waals surface area contributed by atoms with Crippen LogP contribution in [0.1, 0.15) is 35.2 Å². The van der Waals surface area contributed by atoms with Gasteiger partial charge < -0.3 is 20.4 Å². The second-order valence-electron chi connectivity index (χ2n) is 12.1. The Hall–Kier alpha value is -4.23. The number of piperazine rings is 1. The number of aromatic nitrogens is 1. The molecule has 14 heteroatoms. The molecule has 49 heavy (non-hydrogen) atoms. The van der Waals surface area contributed by atoms with Crippen molar-refractivity contribution in [3.63, 3.8) is 0 Å². The van der Waals surface area contributed by atoms with Gasteiger partial charge in [-0.2, -0.15) is 9.41 Å². The molecule has 2 saturated heterocycles. The topological polar surface area (TPSA) is 138 Å². The molecular weight excluding hydrogens is 687 g/mol. The first-order valence-electron chi connectivity index (χ1n) is 15.9. The average Bonchev–Trinajstić information content (AvgIpc) is 3.60. The van der Waals surface area contributed by atoms with Gasteiger partial charge in [0.25, 0.3) is 0 Å². The summed E-state index contributed by atoms with van der Waals surface area (Å²) in [5.41, 5.74) is 3.52. The average molecular weight is 724 g/mol. The molecule has 2 fully saturated rings. The first kappa shape index (κ1) is 34.6. The number of pyridine rings is 1. The highest BCUT2D eigenvalue weighted by atomic mass is 35.5. The molecule has 2 aliphatic heterocycles. The van der Waals surface area contributed by atoms with E-state index in [2.05, 4.69) is 10.1 Å². The molecule has 2 aliphatic rings. The molecule has 6 rings (SSSR count). The number of ether oxygens (including phenoxy) is 1. The minimum atomic E-state index is -4.18. The summed E-state index contributed by atoms with van der Waals surface area (Å²) < 4.78 is 35.5. The molecule has 4 aromatic rings. The minimum Gasteiger partial charge on any atom is -0.487 e. The number of carbonyl (C=O) groups is 2. The zero-order valence-electron chi connectivity index (χ0n) is 26.9. The van der Waals surface area contributed by atoms with Gasteiger partial charge in [-0.25, -0.2) is 13.4 Å². The SMILES string of the molecule is Cc1ccc2cccc(OCc3c(Cl)ccc(S(=O)(=O)N4CCC[C@H]4C(=O)N4CCN(C(=O)Cc5ccc(C=NN)cc5)CC4)c3Cl)c2n1. The molecule has 1 atom stereocenters. The third-order valence-corrected chi connectivity index (χ3v) is 11.8. The summed E-state index contributed by atoms with van der Waals surface area (Å²) in [6.07, 6.45) is 2.67. The smallest absolute Gasteiger partial charge is 0.245 e. The predicted molar refractivity (Wildman–Crippen MR) is 189 cm³/mol. The van der Waals surface area contributed by atoms with E-state index in [0.717, 1.165) is 22.2 Å². The molecule has 3 aromatic carbocycles. The number of hydrogen-bond donors (Lipinski definition) is 1. The first-order chi connectivity index (χ1) is 23.6. The first-order valence-corrected chi connectivity index (χ1v) is 18.1. The number of fused-ring (bicyclic) bond motifs is 1. The van der Waals surface area contributed by atoms with Crippen molar-refractivity contribution >= 4 is 62.2 Å². The van der Waals surface area contributed by atoms with Crippen LogP contribution in [0.3, 0.4) is 0 Å². The van der Waals surface area contributed by atoms with Crippen LogP contribution in [0.15, 0.2) is 76.7 Å². The number of sulfonamides is 1. The van der Waals surface area contributed by atoms with Crippen molar-refractivity contribution in [1.29, 1.82) is 0 Å². The molecule has 256 valence electrons. The van der Waals surface area contributed by atoms with Gasteiger partial charge in [-0.05, 0) is 55.2 Å². The number of nitrogens with two attached hydrogens (primary N) is 1. The lowest BCUT2D eigenvalue weighted by atomic mass is 10.1. The number of halogens is 2. The predicted octanol–water partition coefficient (Wildman–Crippen LogP) is 4.79. The van der Waals surface area contributed by atoms with Crippen LogP contribution in [0.25, 0.3) is 10.9 Å². The van der Waals surface area contributed by atoms with E-state index < -0.39 is 16.1 Å². The largest absolute Gasteiger partial charge is 0.487 e. The molecule has 0 saturated carbocycles. The maximum atomic E-state index is 14.1. The summed E-state index contributed by atoms with van der Waals surface area (Å²) in [7, 11) is -4.18. The van der Waals surface area contributed by atoms with Crippen molar-refractivity contribution in [3.8, 4) is 5.75 Å². The molecule has 3 heterocycles. The van der Waals surface area contributed by atoms with Crippen molar-refractivity contribution in [1.82, 2.24) is 19.1 Å². The number of benzene rings is 3. The number of para-hydroxylation sites is 1. The molecular formula is C35H36Cl2N6O5S. The number of nitrogens with zero attached hydrogens (tertiary/aromatic N) is 5. The van der Waals surface area contributed by atoms with Crippen LogP contribution >= 0.6 is 23.2 Å². The van der Waals surface area contributed by atoms with Crippen LogP contribution in [0.5, 0.6) is 5.75 Å². The number of amides is 2. The van der Waals surface area contributed by atoms with E-state index in [9.17, 15) is 18.0 Å². The Bertz CT molecular complexity index is 2020. The van der Waals surface area contributed by atoms with E-state index in [1.54, 1.807) is 15.9 Å². The molecule has 0 aliphatic carbocycles. The van der Waals surface area contributed by atoms with Gasteiger partial charge >= 0.3 is 0 Å². The van der Waals surface area contributed by atoms with Gasteiger partial charge in [-0.1, -0.05) is 65.7 Å². The monoisotopic (exact) mass is 722 g/mol. The fraction of sp³-hybridized carbons (Fsp3) is 0.314. The van der Waals surface area contributed by atoms with Crippen LogP contribution in [-0.4, -0.2) is 84.3 Å². The number of hydrazone groups is 1. The number of carbonyl (C=O) groups excluding carboxylic acids is 2. The summed E-state index contributed by atoms with van der Waals surface area (Å²) in [4.78, 5) is 34.6. The molecule has 0 unspecified atom stereocenters. The Morgan fingerprint density at radius 2 is 1.71 bits per heavy atom. The maximum absolute atomic E-state index is 14.1.